The second-order valence-corrected chi connectivity index (χ2v) is 6.93. The van der Waals surface area contributed by atoms with Crippen molar-refractivity contribution in [2.75, 3.05) is 10.6 Å². The van der Waals surface area contributed by atoms with E-state index in [1.165, 1.54) is 0 Å². The highest BCUT2D eigenvalue weighted by Crippen LogP contribution is 2.30. The third-order valence-electron chi connectivity index (χ3n) is 4.22. The van der Waals surface area contributed by atoms with Crippen LogP contribution in [0.1, 0.15) is 47.0 Å². The molecule has 126 valence electrons. The van der Waals surface area contributed by atoms with E-state index in [2.05, 4.69) is 16.0 Å². The molecule has 5 heteroatoms. The molecule has 1 unspecified atom stereocenters. The molecule has 0 spiro atoms. The molecule has 2 rings (SSSR count). The molecule has 0 heterocycles. The van der Waals surface area contributed by atoms with Gasteiger partial charge in [-0.25, -0.2) is 0 Å². The number of carbonyl (C=O) groups is 2. The van der Waals surface area contributed by atoms with E-state index < -0.39 is 0 Å². The number of hydrogen-bond acceptors (Lipinski definition) is 3. The van der Waals surface area contributed by atoms with Gasteiger partial charge in [0.05, 0.1) is 0 Å². The van der Waals surface area contributed by atoms with Gasteiger partial charge >= 0.3 is 0 Å². The molecule has 1 atom stereocenters. The van der Waals surface area contributed by atoms with Crippen molar-refractivity contribution in [2.24, 2.45) is 5.92 Å². The largest absolute Gasteiger partial charge is 0.374 e. The summed E-state index contributed by atoms with van der Waals surface area (Å²) in [5, 5.41) is 9.10. The summed E-state index contributed by atoms with van der Waals surface area (Å²) in [6, 6.07) is 7.12. The molecule has 0 aromatic heterocycles. The van der Waals surface area contributed by atoms with E-state index in [0.29, 0.717) is 0 Å². The molecular formula is C18H27N3O2. The Hall–Kier alpha value is -2.04. The molecule has 23 heavy (non-hydrogen) atoms. The summed E-state index contributed by atoms with van der Waals surface area (Å²) in [6.45, 7) is 7.90. The monoisotopic (exact) mass is 317 g/mol. The standard InChI is InChI=1S/C18H27N3O2/c1-5-18(3,4)21-16(22)12(2)19-14-8-10-15(11-9-14)20-17(23)13-6-7-13/h8-13,19H,5-7H2,1-4H3,(H,20,23)(H,21,22). The van der Waals surface area contributed by atoms with Crippen LogP contribution >= 0.6 is 0 Å². The SMILES string of the molecule is CCC(C)(C)NC(=O)C(C)Nc1ccc(NC(=O)C2CC2)cc1. The molecule has 0 radical (unpaired) electrons. The Balaban J connectivity index is 1.87. The number of rotatable bonds is 7. The van der Waals surface area contributed by atoms with Crippen LogP contribution in [0.3, 0.4) is 0 Å². The van der Waals surface area contributed by atoms with Crippen molar-refractivity contribution in [3.8, 4) is 0 Å². The number of nitrogens with one attached hydrogen (secondary N) is 3. The first-order valence-corrected chi connectivity index (χ1v) is 8.30. The van der Waals surface area contributed by atoms with Crippen LogP contribution in [0, 0.1) is 5.92 Å². The van der Waals surface area contributed by atoms with Crippen molar-refractivity contribution in [1.29, 1.82) is 0 Å². The van der Waals surface area contributed by atoms with Gasteiger partial charge in [-0.2, -0.15) is 0 Å². The molecule has 0 saturated heterocycles. The van der Waals surface area contributed by atoms with Crippen LogP contribution in [-0.4, -0.2) is 23.4 Å². The second kappa shape index (κ2) is 7.02. The highest BCUT2D eigenvalue weighted by molar-refractivity contribution is 5.94. The van der Waals surface area contributed by atoms with E-state index in [0.717, 1.165) is 30.6 Å². The van der Waals surface area contributed by atoms with E-state index in [4.69, 9.17) is 0 Å². The van der Waals surface area contributed by atoms with Gasteiger partial charge in [0, 0.05) is 22.8 Å². The van der Waals surface area contributed by atoms with Gasteiger partial charge < -0.3 is 16.0 Å². The van der Waals surface area contributed by atoms with Crippen molar-refractivity contribution in [3.63, 3.8) is 0 Å². The molecule has 1 aliphatic rings. The zero-order valence-electron chi connectivity index (χ0n) is 14.4. The Kier molecular flexibility index (Phi) is 5.29. The highest BCUT2D eigenvalue weighted by Gasteiger charge is 2.29. The lowest BCUT2D eigenvalue weighted by Gasteiger charge is -2.27. The van der Waals surface area contributed by atoms with Crippen LogP contribution in [0.4, 0.5) is 11.4 Å². The van der Waals surface area contributed by atoms with Crippen LogP contribution in [0.2, 0.25) is 0 Å². The van der Waals surface area contributed by atoms with E-state index in [-0.39, 0.29) is 29.3 Å². The van der Waals surface area contributed by atoms with E-state index in [1.807, 2.05) is 52.0 Å². The summed E-state index contributed by atoms with van der Waals surface area (Å²) in [4.78, 5) is 23.9. The summed E-state index contributed by atoms with van der Waals surface area (Å²) in [7, 11) is 0. The minimum Gasteiger partial charge on any atom is -0.374 e. The van der Waals surface area contributed by atoms with Crippen molar-refractivity contribution in [1.82, 2.24) is 5.32 Å². The maximum atomic E-state index is 12.2. The molecule has 1 aromatic carbocycles. The third kappa shape index (κ3) is 5.27. The van der Waals surface area contributed by atoms with Gasteiger partial charge in [0.2, 0.25) is 11.8 Å². The Bertz CT molecular complexity index is 562. The minimum atomic E-state index is -0.326. The van der Waals surface area contributed by atoms with Crippen LogP contribution in [0.25, 0.3) is 0 Å². The smallest absolute Gasteiger partial charge is 0.242 e. The number of amides is 2. The van der Waals surface area contributed by atoms with Crippen LogP contribution in [0.5, 0.6) is 0 Å². The summed E-state index contributed by atoms with van der Waals surface area (Å²) in [6.07, 6.45) is 2.86. The Morgan fingerprint density at radius 2 is 1.74 bits per heavy atom. The van der Waals surface area contributed by atoms with Gasteiger partial charge in [0.1, 0.15) is 6.04 Å². The van der Waals surface area contributed by atoms with E-state index >= 15 is 0 Å². The Morgan fingerprint density at radius 3 is 2.26 bits per heavy atom. The first-order valence-electron chi connectivity index (χ1n) is 8.30. The van der Waals surface area contributed by atoms with Crippen molar-refractivity contribution < 1.29 is 9.59 Å². The van der Waals surface area contributed by atoms with Crippen molar-refractivity contribution in [3.05, 3.63) is 24.3 Å². The summed E-state index contributed by atoms with van der Waals surface area (Å²) in [5.41, 5.74) is 1.44. The topological polar surface area (TPSA) is 70.2 Å². The Labute approximate surface area is 138 Å². The summed E-state index contributed by atoms with van der Waals surface area (Å²) >= 11 is 0. The van der Waals surface area contributed by atoms with E-state index in [9.17, 15) is 9.59 Å². The third-order valence-corrected chi connectivity index (χ3v) is 4.22. The van der Waals surface area contributed by atoms with Crippen LogP contribution < -0.4 is 16.0 Å². The first kappa shape index (κ1) is 17.3. The van der Waals surface area contributed by atoms with Gasteiger partial charge in [-0.05, 0) is 64.3 Å². The van der Waals surface area contributed by atoms with Crippen LogP contribution in [-0.2, 0) is 9.59 Å². The molecule has 0 bridgehead atoms. The lowest BCUT2D eigenvalue weighted by atomic mass is 10.0. The fourth-order valence-corrected chi connectivity index (χ4v) is 2.09. The highest BCUT2D eigenvalue weighted by atomic mass is 16.2. The zero-order chi connectivity index (χ0) is 17.0. The fraction of sp³-hybridized carbons (Fsp3) is 0.556. The lowest BCUT2D eigenvalue weighted by molar-refractivity contribution is -0.123. The number of benzene rings is 1. The van der Waals surface area contributed by atoms with Gasteiger partial charge in [-0.3, -0.25) is 9.59 Å². The van der Waals surface area contributed by atoms with E-state index in [1.54, 1.807) is 0 Å². The van der Waals surface area contributed by atoms with Gasteiger partial charge in [0.15, 0.2) is 0 Å². The normalized spacial score (nSPS) is 15.7. The lowest BCUT2D eigenvalue weighted by Crippen LogP contribution is -2.48. The average Bonchev–Trinajstić information content (AvgIpc) is 3.33. The molecule has 2 amide bonds. The molecule has 1 fully saturated rings. The zero-order valence-corrected chi connectivity index (χ0v) is 14.4. The molecule has 1 saturated carbocycles. The maximum Gasteiger partial charge on any atom is 0.242 e. The number of hydrogen-bond donors (Lipinski definition) is 3. The molecule has 1 aliphatic carbocycles. The quantitative estimate of drug-likeness (QED) is 0.723. The van der Waals surface area contributed by atoms with Gasteiger partial charge in [-0.15, -0.1) is 0 Å². The van der Waals surface area contributed by atoms with Crippen molar-refractivity contribution in [2.45, 2.75) is 58.5 Å². The molecule has 0 aliphatic heterocycles. The second-order valence-electron chi connectivity index (χ2n) is 6.93. The van der Waals surface area contributed by atoms with Gasteiger partial charge in [0.25, 0.3) is 0 Å². The minimum absolute atomic E-state index is 0.0250. The summed E-state index contributed by atoms with van der Waals surface area (Å²) < 4.78 is 0. The summed E-state index contributed by atoms with van der Waals surface area (Å²) in [5.74, 6) is 0.265. The van der Waals surface area contributed by atoms with Crippen molar-refractivity contribution >= 4 is 23.2 Å². The van der Waals surface area contributed by atoms with Crippen LogP contribution in [0.15, 0.2) is 24.3 Å². The predicted octanol–water partition coefficient (Wildman–Crippen LogP) is 3.14. The molecule has 1 aromatic rings. The Morgan fingerprint density at radius 1 is 1.17 bits per heavy atom. The predicted molar refractivity (Wildman–Crippen MR) is 93.4 cm³/mol. The number of anilines is 2. The first-order chi connectivity index (χ1) is 10.8. The average molecular weight is 317 g/mol. The molecular weight excluding hydrogens is 290 g/mol. The van der Waals surface area contributed by atoms with Gasteiger partial charge in [-0.1, -0.05) is 6.92 Å². The number of carbonyl (C=O) groups excluding carboxylic acids is 2. The maximum absolute atomic E-state index is 12.2. The fourth-order valence-electron chi connectivity index (χ4n) is 2.09. The molecule has 5 nitrogen and oxygen atoms in total. The molecule has 3 N–H and O–H groups in total.